The van der Waals surface area contributed by atoms with Gasteiger partial charge in [-0.05, 0) is 26.7 Å². The highest BCUT2D eigenvalue weighted by molar-refractivity contribution is 7.88. The number of hydrogen-bond donors (Lipinski definition) is 1. The summed E-state index contributed by atoms with van der Waals surface area (Å²) in [5.41, 5.74) is 0.726. The van der Waals surface area contributed by atoms with Crippen LogP contribution in [0.25, 0.3) is 0 Å². The van der Waals surface area contributed by atoms with E-state index in [1.807, 2.05) is 20.0 Å². The van der Waals surface area contributed by atoms with Gasteiger partial charge in [-0.1, -0.05) is 0 Å². The number of aliphatic hydroxyl groups is 1. The first-order valence-corrected chi connectivity index (χ1v) is 9.90. The molecule has 0 aromatic carbocycles. The van der Waals surface area contributed by atoms with Gasteiger partial charge in [0.15, 0.2) is 0 Å². The molecule has 1 aromatic heterocycles. The second kappa shape index (κ2) is 7.74. The summed E-state index contributed by atoms with van der Waals surface area (Å²) in [4.78, 5) is 4.53. The van der Waals surface area contributed by atoms with Gasteiger partial charge in [0, 0.05) is 25.7 Å². The lowest BCUT2D eigenvalue weighted by Crippen LogP contribution is -2.38. The number of aromatic nitrogens is 2. The van der Waals surface area contributed by atoms with E-state index in [0.29, 0.717) is 0 Å². The molecule has 0 spiro atoms. The largest absolute Gasteiger partial charge is 0.389 e. The summed E-state index contributed by atoms with van der Waals surface area (Å²) < 4.78 is 32.7. The van der Waals surface area contributed by atoms with Crippen LogP contribution >= 0.6 is 0 Å². The van der Waals surface area contributed by atoms with E-state index in [-0.39, 0.29) is 25.8 Å². The molecule has 1 aromatic rings. The van der Waals surface area contributed by atoms with Crippen LogP contribution in [0.15, 0.2) is 6.20 Å². The quantitative estimate of drug-likeness (QED) is 0.752. The van der Waals surface area contributed by atoms with Gasteiger partial charge in [-0.25, -0.2) is 13.4 Å². The van der Waals surface area contributed by atoms with Crippen LogP contribution in [-0.4, -0.2) is 59.0 Å². The minimum absolute atomic E-state index is 0.00352. The van der Waals surface area contributed by atoms with Crippen LogP contribution in [0.3, 0.4) is 0 Å². The molecule has 2 heterocycles. The highest BCUT2D eigenvalue weighted by atomic mass is 32.2. The van der Waals surface area contributed by atoms with E-state index in [4.69, 9.17) is 4.74 Å². The molecule has 23 heavy (non-hydrogen) atoms. The van der Waals surface area contributed by atoms with Crippen LogP contribution in [0, 0.1) is 0 Å². The van der Waals surface area contributed by atoms with Crippen LogP contribution in [0.5, 0.6) is 0 Å². The highest BCUT2D eigenvalue weighted by Gasteiger charge is 2.23. The lowest BCUT2D eigenvalue weighted by molar-refractivity contribution is -0.000895. The first kappa shape index (κ1) is 18.4. The Morgan fingerprint density at radius 2 is 2.17 bits per heavy atom. The molecule has 1 N–H and O–H groups in total. The number of ether oxygens (including phenoxy) is 1. The van der Waals surface area contributed by atoms with Gasteiger partial charge >= 0.3 is 0 Å². The lowest BCUT2D eigenvalue weighted by atomic mass is 10.2. The second-order valence-corrected chi connectivity index (χ2v) is 8.37. The molecule has 2 rings (SSSR count). The van der Waals surface area contributed by atoms with Crippen LogP contribution in [0.4, 0.5) is 0 Å². The van der Waals surface area contributed by atoms with E-state index >= 15 is 0 Å². The standard InChI is InChI=1S/C15H27N3O4S/c1-12(2)22-11-14(19)10-18(23(3,20)21)9-13-8-17-7-5-4-6-15(17)16-13/h8,12,14,19H,4-7,9-11H2,1-3H3. The van der Waals surface area contributed by atoms with Crippen molar-refractivity contribution in [1.29, 1.82) is 0 Å². The maximum Gasteiger partial charge on any atom is 0.211 e. The van der Waals surface area contributed by atoms with E-state index in [9.17, 15) is 13.5 Å². The molecule has 0 radical (unpaired) electrons. The number of sulfonamides is 1. The smallest absolute Gasteiger partial charge is 0.211 e. The van der Waals surface area contributed by atoms with Crippen LogP contribution < -0.4 is 0 Å². The Bertz CT molecular complexity index is 589. The van der Waals surface area contributed by atoms with Crippen LogP contribution in [0.1, 0.15) is 38.2 Å². The van der Waals surface area contributed by atoms with Crippen LogP contribution in [-0.2, 0) is 34.3 Å². The van der Waals surface area contributed by atoms with E-state index < -0.39 is 16.1 Å². The van der Waals surface area contributed by atoms with Gasteiger partial charge in [0.1, 0.15) is 5.82 Å². The fourth-order valence-electron chi connectivity index (χ4n) is 2.64. The van der Waals surface area contributed by atoms with Gasteiger partial charge in [-0.15, -0.1) is 0 Å². The van der Waals surface area contributed by atoms with Crippen molar-refractivity contribution in [2.75, 3.05) is 19.4 Å². The van der Waals surface area contributed by atoms with Crippen molar-refractivity contribution in [3.63, 3.8) is 0 Å². The number of rotatable bonds is 8. The topological polar surface area (TPSA) is 84.7 Å². The monoisotopic (exact) mass is 345 g/mol. The van der Waals surface area contributed by atoms with Gasteiger partial charge < -0.3 is 14.4 Å². The molecule has 0 fully saturated rings. The Kier molecular flexibility index (Phi) is 6.19. The Morgan fingerprint density at radius 1 is 1.43 bits per heavy atom. The van der Waals surface area contributed by atoms with Crippen molar-refractivity contribution < 1.29 is 18.3 Å². The number of aryl methyl sites for hydroxylation is 2. The molecule has 0 aliphatic carbocycles. The van der Waals surface area contributed by atoms with Crippen molar-refractivity contribution in [2.45, 2.75) is 58.4 Å². The molecular weight excluding hydrogens is 318 g/mol. The molecule has 0 saturated heterocycles. The number of aliphatic hydroxyl groups excluding tert-OH is 1. The average molecular weight is 345 g/mol. The highest BCUT2D eigenvalue weighted by Crippen LogP contribution is 2.16. The summed E-state index contributed by atoms with van der Waals surface area (Å²) in [6.07, 6.45) is 5.40. The van der Waals surface area contributed by atoms with Gasteiger partial charge in [0.2, 0.25) is 10.0 Å². The van der Waals surface area contributed by atoms with Gasteiger partial charge in [0.25, 0.3) is 0 Å². The predicted octanol–water partition coefficient (Wildman–Crippen LogP) is 0.767. The Balaban J connectivity index is 2.03. The van der Waals surface area contributed by atoms with E-state index in [1.165, 1.54) is 4.31 Å². The predicted molar refractivity (Wildman–Crippen MR) is 87.5 cm³/mol. The average Bonchev–Trinajstić information content (AvgIpc) is 2.85. The molecule has 8 heteroatoms. The fourth-order valence-corrected chi connectivity index (χ4v) is 3.45. The summed E-state index contributed by atoms with van der Waals surface area (Å²) >= 11 is 0. The van der Waals surface area contributed by atoms with Crippen molar-refractivity contribution in [2.24, 2.45) is 0 Å². The zero-order valence-electron chi connectivity index (χ0n) is 14.1. The number of nitrogens with zero attached hydrogens (tertiary/aromatic N) is 3. The second-order valence-electron chi connectivity index (χ2n) is 6.39. The van der Waals surface area contributed by atoms with E-state index in [1.54, 1.807) is 0 Å². The zero-order valence-corrected chi connectivity index (χ0v) is 14.9. The minimum atomic E-state index is -3.43. The van der Waals surface area contributed by atoms with Gasteiger partial charge in [-0.3, -0.25) is 0 Å². The Morgan fingerprint density at radius 3 is 2.78 bits per heavy atom. The fraction of sp³-hybridized carbons (Fsp3) is 0.800. The maximum absolute atomic E-state index is 12.0. The molecule has 1 unspecified atom stereocenters. The first-order chi connectivity index (χ1) is 10.8. The molecule has 7 nitrogen and oxygen atoms in total. The minimum Gasteiger partial charge on any atom is -0.389 e. The third-order valence-electron chi connectivity index (χ3n) is 3.80. The summed E-state index contributed by atoms with van der Waals surface area (Å²) in [6, 6.07) is 0. The molecule has 0 amide bonds. The third-order valence-corrected chi connectivity index (χ3v) is 5.02. The molecule has 0 saturated carbocycles. The van der Waals surface area contributed by atoms with E-state index in [0.717, 1.165) is 43.6 Å². The lowest BCUT2D eigenvalue weighted by Gasteiger charge is -2.22. The van der Waals surface area contributed by atoms with Gasteiger partial charge in [-0.2, -0.15) is 4.31 Å². The van der Waals surface area contributed by atoms with Crippen molar-refractivity contribution >= 4 is 10.0 Å². The van der Waals surface area contributed by atoms with Crippen molar-refractivity contribution in [3.05, 3.63) is 17.7 Å². The normalized spacial score (nSPS) is 16.8. The first-order valence-electron chi connectivity index (χ1n) is 8.05. The van der Waals surface area contributed by atoms with Crippen LogP contribution in [0.2, 0.25) is 0 Å². The Labute approximate surface area is 138 Å². The summed E-state index contributed by atoms with van der Waals surface area (Å²) in [6.45, 7) is 4.98. The molecular formula is C15H27N3O4S. The summed E-state index contributed by atoms with van der Waals surface area (Å²) in [7, 11) is -3.43. The van der Waals surface area contributed by atoms with Gasteiger partial charge in [0.05, 0.1) is 37.3 Å². The van der Waals surface area contributed by atoms with Crippen molar-refractivity contribution in [3.8, 4) is 0 Å². The molecule has 0 bridgehead atoms. The SMILES string of the molecule is CC(C)OCC(O)CN(Cc1cn2c(n1)CCCC2)S(C)(=O)=O. The molecule has 1 aliphatic rings. The summed E-state index contributed by atoms with van der Waals surface area (Å²) in [5.74, 6) is 1.02. The van der Waals surface area contributed by atoms with E-state index in [2.05, 4.69) is 9.55 Å². The molecule has 1 aliphatic heterocycles. The number of imidazole rings is 1. The maximum atomic E-state index is 12.0. The zero-order chi connectivity index (χ0) is 17.0. The number of hydrogen-bond acceptors (Lipinski definition) is 5. The third kappa shape index (κ3) is 5.56. The van der Waals surface area contributed by atoms with Crippen molar-refractivity contribution in [1.82, 2.24) is 13.9 Å². The number of fused-ring (bicyclic) bond motifs is 1. The Hall–Kier alpha value is -0.960. The molecule has 1 atom stereocenters. The summed E-state index contributed by atoms with van der Waals surface area (Å²) in [5, 5.41) is 10.0. The molecule has 132 valence electrons.